The lowest BCUT2D eigenvalue weighted by molar-refractivity contribution is -0.141. The van der Waals surface area contributed by atoms with E-state index in [0.717, 1.165) is 17.4 Å². The highest BCUT2D eigenvalue weighted by atomic mass is 35.5. The Bertz CT molecular complexity index is 1110. The number of fused-ring (bicyclic) bond motifs is 1. The summed E-state index contributed by atoms with van der Waals surface area (Å²) in [7, 11) is 0. The van der Waals surface area contributed by atoms with Crippen molar-refractivity contribution in [2.45, 2.75) is 24.7 Å². The third kappa shape index (κ3) is 4.77. The van der Waals surface area contributed by atoms with E-state index in [1.165, 1.54) is 10.9 Å². The maximum Gasteiger partial charge on any atom is 0.233 e. The molecule has 5 rings (SSSR count). The van der Waals surface area contributed by atoms with E-state index in [1.807, 2.05) is 47.6 Å². The fraction of sp³-hybridized carbons (Fsp3) is 0.407. The van der Waals surface area contributed by atoms with Gasteiger partial charge >= 0.3 is 0 Å². The van der Waals surface area contributed by atoms with Gasteiger partial charge in [-0.3, -0.25) is 9.78 Å². The van der Waals surface area contributed by atoms with Crippen LogP contribution in [0.25, 0.3) is 10.8 Å². The van der Waals surface area contributed by atoms with Gasteiger partial charge in [0.1, 0.15) is 0 Å². The van der Waals surface area contributed by atoms with Crippen molar-refractivity contribution in [2.24, 2.45) is 5.92 Å². The molecule has 0 bridgehead atoms. The fourth-order valence-corrected chi connectivity index (χ4v) is 5.32. The predicted octanol–water partition coefficient (Wildman–Crippen LogP) is 4.65. The molecule has 2 aromatic carbocycles. The van der Waals surface area contributed by atoms with Crippen LogP contribution in [0.1, 0.15) is 24.0 Å². The number of hydrogen-bond acceptors (Lipinski definition) is 4. The second kappa shape index (κ2) is 9.80. The van der Waals surface area contributed by atoms with Gasteiger partial charge in [0, 0.05) is 55.0 Å². The number of aromatic nitrogens is 1. The summed E-state index contributed by atoms with van der Waals surface area (Å²) in [5.41, 5.74) is 1.73. The van der Waals surface area contributed by atoms with Crippen LogP contribution in [0, 0.1) is 5.92 Å². The first-order valence-corrected chi connectivity index (χ1v) is 12.1. The highest BCUT2D eigenvalue weighted by Gasteiger charge is 2.44. The Morgan fingerprint density at radius 3 is 2.67 bits per heavy atom. The lowest BCUT2D eigenvalue weighted by Gasteiger charge is -2.40. The normalized spacial score (nSPS) is 21.0. The summed E-state index contributed by atoms with van der Waals surface area (Å²) in [5, 5.41) is 3.01. The van der Waals surface area contributed by atoms with E-state index in [4.69, 9.17) is 21.1 Å². The minimum atomic E-state index is -0.562. The third-order valence-electron chi connectivity index (χ3n) is 7.01. The monoisotopic (exact) mass is 464 g/mol. The number of amides is 1. The van der Waals surface area contributed by atoms with Gasteiger partial charge in [-0.25, -0.2) is 0 Å². The lowest BCUT2D eigenvalue weighted by atomic mass is 9.73. The Morgan fingerprint density at radius 1 is 1.03 bits per heavy atom. The number of hydrogen-bond donors (Lipinski definition) is 0. The summed E-state index contributed by atoms with van der Waals surface area (Å²) >= 11 is 6.14. The first-order valence-electron chi connectivity index (χ1n) is 11.7. The highest BCUT2D eigenvalue weighted by molar-refractivity contribution is 6.30. The van der Waals surface area contributed by atoms with Gasteiger partial charge in [-0.15, -0.1) is 0 Å². The van der Waals surface area contributed by atoms with Crippen LogP contribution in [-0.4, -0.2) is 55.3 Å². The molecule has 5 nitrogen and oxygen atoms in total. The number of carbonyl (C=O) groups excluding carboxylic acids is 1. The number of carbonyl (C=O) groups is 1. The van der Waals surface area contributed by atoms with Crippen molar-refractivity contribution in [2.75, 3.05) is 39.5 Å². The van der Waals surface area contributed by atoms with Crippen molar-refractivity contribution in [1.82, 2.24) is 9.88 Å². The molecule has 6 heteroatoms. The molecule has 0 spiro atoms. The zero-order valence-electron chi connectivity index (χ0n) is 18.7. The Labute approximate surface area is 199 Å². The zero-order valence-corrected chi connectivity index (χ0v) is 19.5. The molecule has 2 aliphatic rings. The van der Waals surface area contributed by atoms with Crippen molar-refractivity contribution in [3.63, 3.8) is 0 Å². The molecule has 3 aromatic rings. The maximum absolute atomic E-state index is 14.1. The van der Waals surface area contributed by atoms with Gasteiger partial charge in [-0.05, 0) is 54.0 Å². The smallest absolute Gasteiger partial charge is 0.233 e. The van der Waals surface area contributed by atoms with E-state index in [2.05, 4.69) is 23.2 Å². The largest absolute Gasteiger partial charge is 0.381 e. The SMILES string of the molecule is O=C(N1CCOC[C@H](Cc2ccc3cnccc3c2)C1)C1(c2ccc(Cl)cc2)CCOCC1. The minimum absolute atomic E-state index is 0.188. The van der Waals surface area contributed by atoms with Crippen LogP contribution in [-0.2, 0) is 26.1 Å². The van der Waals surface area contributed by atoms with Crippen LogP contribution >= 0.6 is 11.6 Å². The number of benzene rings is 2. The summed E-state index contributed by atoms with van der Waals surface area (Å²) in [5.74, 6) is 0.436. The van der Waals surface area contributed by atoms with Gasteiger partial charge in [0.05, 0.1) is 18.6 Å². The molecule has 2 saturated heterocycles. The van der Waals surface area contributed by atoms with Crippen molar-refractivity contribution in [1.29, 1.82) is 0 Å². The number of rotatable bonds is 4. The molecule has 0 aliphatic carbocycles. The van der Waals surface area contributed by atoms with Crippen LogP contribution < -0.4 is 0 Å². The molecule has 0 radical (unpaired) electrons. The number of halogens is 1. The summed E-state index contributed by atoms with van der Waals surface area (Å²) < 4.78 is 11.6. The highest BCUT2D eigenvalue weighted by Crippen LogP contribution is 2.38. The summed E-state index contributed by atoms with van der Waals surface area (Å²) in [6.07, 6.45) is 5.96. The first kappa shape index (κ1) is 22.3. The molecule has 1 amide bonds. The molecular formula is C27H29ClN2O3. The standard InChI is InChI=1S/C27H29ClN2O3/c28-25-5-3-24(4-6-25)27(8-12-32-13-9-27)26(31)30-11-14-33-19-21(18-30)15-20-1-2-23-17-29-10-7-22(23)16-20/h1-7,10,16-17,21H,8-9,11-15,18-19H2/t21-/m1/s1. The zero-order chi connectivity index (χ0) is 22.7. The molecule has 1 atom stereocenters. The molecule has 0 N–H and O–H groups in total. The average molecular weight is 465 g/mol. The molecule has 1 aromatic heterocycles. The number of ether oxygens (including phenoxy) is 2. The van der Waals surface area contributed by atoms with Crippen LogP contribution in [0.5, 0.6) is 0 Å². The van der Waals surface area contributed by atoms with Crippen LogP contribution in [0.4, 0.5) is 0 Å². The van der Waals surface area contributed by atoms with Gasteiger partial charge in [0.15, 0.2) is 0 Å². The Kier molecular flexibility index (Phi) is 6.63. The van der Waals surface area contributed by atoms with Crippen LogP contribution in [0.2, 0.25) is 5.02 Å². The molecule has 0 saturated carbocycles. The summed E-state index contributed by atoms with van der Waals surface area (Å²) in [4.78, 5) is 20.3. The van der Waals surface area contributed by atoms with E-state index < -0.39 is 5.41 Å². The molecular weight excluding hydrogens is 436 g/mol. The Balaban J connectivity index is 1.37. The first-order chi connectivity index (χ1) is 16.1. The fourth-order valence-electron chi connectivity index (χ4n) is 5.20. The third-order valence-corrected chi connectivity index (χ3v) is 7.26. The molecule has 3 heterocycles. The lowest BCUT2D eigenvalue weighted by Crippen LogP contribution is -2.51. The minimum Gasteiger partial charge on any atom is -0.381 e. The van der Waals surface area contributed by atoms with E-state index in [0.29, 0.717) is 57.4 Å². The molecule has 2 fully saturated rings. The van der Waals surface area contributed by atoms with Crippen LogP contribution in [0.15, 0.2) is 60.9 Å². The average Bonchev–Trinajstić information content (AvgIpc) is 3.10. The van der Waals surface area contributed by atoms with Gasteiger partial charge in [-0.2, -0.15) is 0 Å². The molecule has 33 heavy (non-hydrogen) atoms. The van der Waals surface area contributed by atoms with E-state index in [9.17, 15) is 4.79 Å². The second-order valence-electron chi connectivity index (χ2n) is 9.15. The topological polar surface area (TPSA) is 51.7 Å². The quantitative estimate of drug-likeness (QED) is 0.563. The number of pyridine rings is 1. The molecule has 0 unspecified atom stereocenters. The van der Waals surface area contributed by atoms with Gasteiger partial charge in [-0.1, -0.05) is 41.9 Å². The summed E-state index contributed by atoms with van der Waals surface area (Å²) in [6.45, 7) is 3.73. The van der Waals surface area contributed by atoms with E-state index in [1.54, 1.807) is 0 Å². The maximum atomic E-state index is 14.1. The molecule has 2 aliphatic heterocycles. The van der Waals surface area contributed by atoms with Crippen molar-refractivity contribution in [3.05, 3.63) is 77.1 Å². The van der Waals surface area contributed by atoms with Crippen molar-refractivity contribution >= 4 is 28.3 Å². The van der Waals surface area contributed by atoms with Gasteiger partial charge in [0.25, 0.3) is 0 Å². The number of nitrogens with zero attached hydrogens (tertiary/aromatic N) is 2. The second-order valence-corrected chi connectivity index (χ2v) is 9.59. The van der Waals surface area contributed by atoms with Crippen LogP contribution in [0.3, 0.4) is 0 Å². The Hall–Kier alpha value is -2.47. The van der Waals surface area contributed by atoms with E-state index in [-0.39, 0.29) is 11.8 Å². The molecule has 172 valence electrons. The summed E-state index contributed by atoms with van der Waals surface area (Å²) in [6, 6.07) is 16.3. The van der Waals surface area contributed by atoms with Gasteiger partial charge < -0.3 is 14.4 Å². The van der Waals surface area contributed by atoms with Crippen molar-refractivity contribution < 1.29 is 14.3 Å². The van der Waals surface area contributed by atoms with E-state index >= 15 is 0 Å². The van der Waals surface area contributed by atoms with Crippen molar-refractivity contribution in [3.8, 4) is 0 Å². The van der Waals surface area contributed by atoms with Gasteiger partial charge in [0.2, 0.25) is 5.91 Å². The predicted molar refractivity (Wildman–Crippen MR) is 130 cm³/mol. The Morgan fingerprint density at radius 2 is 1.85 bits per heavy atom.